The van der Waals surface area contributed by atoms with Crippen molar-refractivity contribution in [2.24, 2.45) is 0 Å². The highest BCUT2D eigenvalue weighted by Crippen LogP contribution is 2.51. The van der Waals surface area contributed by atoms with E-state index in [9.17, 15) is 13.5 Å². The van der Waals surface area contributed by atoms with E-state index in [1.807, 2.05) is 45.0 Å². The lowest BCUT2D eigenvalue weighted by Gasteiger charge is -2.42. The zero-order chi connectivity index (χ0) is 26.6. The molecule has 0 bridgehead atoms. The summed E-state index contributed by atoms with van der Waals surface area (Å²) in [7, 11) is -4.08. The first kappa shape index (κ1) is 25.6. The number of fused-ring (bicyclic) bond motifs is 3. The van der Waals surface area contributed by atoms with Gasteiger partial charge >= 0.3 is 10.1 Å². The second kappa shape index (κ2) is 9.07. The Balaban J connectivity index is 1.55. The monoisotopic (exact) mass is 522 g/mol. The number of aliphatic hydroxyl groups is 1. The van der Waals surface area contributed by atoms with Crippen molar-refractivity contribution in [2.75, 3.05) is 6.61 Å². The Hall–Kier alpha value is -3.03. The summed E-state index contributed by atoms with van der Waals surface area (Å²) in [5.74, 6) is 1.65. The second-order valence-electron chi connectivity index (χ2n) is 11.0. The molecule has 2 atom stereocenters. The van der Waals surface area contributed by atoms with Gasteiger partial charge < -0.3 is 18.8 Å². The van der Waals surface area contributed by atoms with Gasteiger partial charge in [0.25, 0.3) is 0 Å². The number of hydrogen-bond donors (Lipinski definition) is 1. The summed E-state index contributed by atoms with van der Waals surface area (Å²) in [6, 6.07) is 15.8. The van der Waals surface area contributed by atoms with Gasteiger partial charge in [-0.05, 0) is 82.9 Å². The van der Waals surface area contributed by atoms with Crippen LogP contribution in [0, 0.1) is 6.92 Å². The first-order valence-electron chi connectivity index (χ1n) is 12.7. The van der Waals surface area contributed by atoms with Crippen molar-refractivity contribution in [1.82, 2.24) is 0 Å². The summed E-state index contributed by atoms with van der Waals surface area (Å²) in [6.07, 6.45) is 1.42. The van der Waals surface area contributed by atoms with Gasteiger partial charge in [-0.1, -0.05) is 36.8 Å². The molecule has 5 rings (SSSR count). The van der Waals surface area contributed by atoms with Gasteiger partial charge in [-0.25, -0.2) is 0 Å². The van der Waals surface area contributed by atoms with Crippen LogP contribution in [0.4, 0.5) is 0 Å². The predicted octanol–water partition coefficient (Wildman–Crippen LogP) is 5.81. The highest BCUT2D eigenvalue weighted by Gasteiger charge is 2.45. The Labute approximate surface area is 219 Å². The van der Waals surface area contributed by atoms with Crippen LogP contribution in [0.15, 0.2) is 59.5 Å². The Morgan fingerprint density at radius 2 is 1.78 bits per heavy atom. The molecule has 2 aliphatic heterocycles. The number of aliphatic hydroxyl groups excluding tert-OH is 1. The van der Waals surface area contributed by atoms with Crippen molar-refractivity contribution in [3.05, 3.63) is 82.4 Å². The van der Waals surface area contributed by atoms with Crippen molar-refractivity contribution < 1.29 is 27.2 Å². The van der Waals surface area contributed by atoms with Gasteiger partial charge in [-0.3, -0.25) is 0 Å². The molecular formula is C30H34O6S. The topological polar surface area (TPSA) is 82.1 Å². The van der Waals surface area contributed by atoms with Crippen molar-refractivity contribution >= 4 is 10.1 Å². The van der Waals surface area contributed by atoms with Crippen LogP contribution >= 0.6 is 0 Å². The Morgan fingerprint density at radius 1 is 1.05 bits per heavy atom. The molecule has 2 aliphatic rings. The SMILES string of the molecule is CCc1ccc(C2(C)COc3c(ccc4c3CCC(C)(C)O4)C2O)c(OS(=O)(=O)c2ccc(C)cc2)c1. The van der Waals surface area contributed by atoms with Gasteiger partial charge in [0.1, 0.15) is 34.4 Å². The van der Waals surface area contributed by atoms with E-state index in [0.29, 0.717) is 23.3 Å². The van der Waals surface area contributed by atoms with Gasteiger partial charge in [0.05, 0.1) is 11.5 Å². The summed E-state index contributed by atoms with van der Waals surface area (Å²) in [5.41, 5.74) is 2.91. The Morgan fingerprint density at radius 3 is 2.49 bits per heavy atom. The van der Waals surface area contributed by atoms with E-state index in [1.165, 1.54) is 12.1 Å². The van der Waals surface area contributed by atoms with Crippen molar-refractivity contribution in [1.29, 1.82) is 0 Å². The lowest BCUT2D eigenvalue weighted by Crippen LogP contribution is -2.41. The third-order valence-corrected chi connectivity index (χ3v) is 8.85. The largest absolute Gasteiger partial charge is 0.492 e. The van der Waals surface area contributed by atoms with Gasteiger partial charge in [0.15, 0.2) is 0 Å². The van der Waals surface area contributed by atoms with Crippen LogP contribution in [0.1, 0.15) is 68.0 Å². The number of ether oxygens (including phenoxy) is 2. The quantitative estimate of drug-likeness (QED) is 0.426. The maximum atomic E-state index is 13.2. The number of aryl methyl sites for hydroxylation is 2. The first-order valence-corrected chi connectivity index (χ1v) is 14.1. The molecule has 0 radical (unpaired) electrons. The van der Waals surface area contributed by atoms with Crippen LogP contribution in [0.2, 0.25) is 0 Å². The van der Waals surface area contributed by atoms with Crippen LogP contribution in [0.3, 0.4) is 0 Å². The number of benzene rings is 3. The molecule has 2 heterocycles. The molecule has 6 nitrogen and oxygen atoms in total. The molecule has 0 aliphatic carbocycles. The minimum absolute atomic E-state index is 0.0800. The lowest BCUT2D eigenvalue weighted by molar-refractivity contribution is 0.0282. The molecule has 0 spiro atoms. The molecule has 3 aromatic rings. The fraction of sp³-hybridized carbons (Fsp3) is 0.400. The lowest BCUT2D eigenvalue weighted by atomic mass is 9.72. The van der Waals surface area contributed by atoms with Crippen molar-refractivity contribution in [3.8, 4) is 17.2 Å². The first-order chi connectivity index (χ1) is 17.4. The zero-order valence-electron chi connectivity index (χ0n) is 22.0. The molecule has 0 saturated heterocycles. The number of rotatable bonds is 5. The average molecular weight is 523 g/mol. The summed E-state index contributed by atoms with van der Waals surface area (Å²) < 4.78 is 44.7. The van der Waals surface area contributed by atoms with Crippen LogP contribution < -0.4 is 13.7 Å². The molecule has 37 heavy (non-hydrogen) atoms. The highest BCUT2D eigenvalue weighted by molar-refractivity contribution is 7.87. The van der Waals surface area contributed by atoms with Gasteiger partial charge in [0, 0.05) is 16.7 Å². The summed E-state index contributed by atoms with van der Waals surface area (Å²) in [6.45, 7) is 10.1. The smallest absolute Gasteiger partial charge is 0.339 e. The van der Waals surface area contributed by atoms with Gasteiger partial charge in [-0.2, -0.15) is 8.42 Å². The van der Waals surface area contributed by atoms with Gasteiger partial charge in [-0.15, -0.1) is 0 Å². The van der Waals surface area contributed by atoms with Gasteiger partial charge in [0.2, 0.25) is 0 Å². The summed E-state index contributed by atoms with van der Waals surface area (Å²) in [5, 5.41) is 11.7. The second-order valence-corrected chi connectivity index (χ2v) is 12.5. The maximum Gasteiger partial charge on any atom is 0.339 e. The average Bonchev–Trinajstić information content (AvgIpc) is 2.85. The standard InChI is InChI=1S/C30H34O6S/c1-6-20-9-13-24(26(17-20)36-37(32,33)21-10-7-19(2)8-11-21)30(5)18-34-27-22-15-16-29(3,4)35-25(22)14-12-23(27)28(30)31/h7-14,17,28,31H,6,15-16,18H2,1-5H3. The molecule has 196 valence electrons. The minimum Gasteiger partial charge on any atom is -0.492 e. The normalized spacial score (nSPS) is 22.3. The third-order valence-electron chi connectivity index (χ3n) is 7.60. The van der Waals surface area contributed by atoms with E-state index in [-0.39, 0.29) is 22.9 Å². The molecule has 2 unspecified atom stereocenters. The van der Waals surface area contributed by atoms with Crippen LogP contribution in [-0.4, -0.2) is 25.7 Å². The molecule has 3 aromatic carbocycles. The number of hydrogen-bond acceptors (Lipinski definition) is 6. The summed E-state index contributed by atoms with van der Waals surface area (Å²) >= 11 is 0. The third kappa shape index (κ3) is 4.59. The van der Waals surface area contributed by atoms with E-state index in [0.717, 1.165) is 35.3 Å². The van der Waals surface area contributed by atoms with Crippen molar-refractivity contribution in [2.45, 2.75) is 75.9 Å². The molecule has 0 fully saturated rings. The fourth-order valence-corrected chi connectivity index (χ4v) is 6.13. The van der Waals surface area contributed by atoms with Crippen LogP contribution in [0.5, 0.6) is 17.2 Å². The predicted molar refractivity (Wildman–Crippen MR) is 142 cm³/mol. The van der Waals surface area contributed by atoms with Crippen LogP contribution in [-0.2, 0) is 28.4 Å². The van der Waals surface area contributed by atoms with E-state index in [4.69, 9.17) is 13.7 Å². The molecule has 0 saturated carbocycles. The molecule has 0 amide bonds. The van der Waals surface area contributed by atoms with Crippen LogP contribution in [0.25, 0.3) is 0 Å². The molecule has 1 N–H and O–H groups in total. The minimum atomic E-state index is -4.08. The van der Waals surface area contributed by atoms with E-state index < -0.39 is 21.6 Å². The highest BCUT2D eigenvalue weighted by atomic mass is 32.2. The van der Waals surface area contributed by atoms with Crippen molar-refractivity contribution in [3.63, 3.8) is 0 Å². The maximum absolute atomic E-state index is 13.2. The molecule has 0 aromatic heterocycles. The Bertz CT molecular complexity index is 1440. The Kier molecular flexibility index (Phi) is 6.28. The van der Waals surface area contributed by atoms with E-state index in [2.05, 4.69) is 13.8 Å². The molecule has 7 heteroatoms. The van der Waals surface area contributed by atoms with E-state index >= 15 is 0 Å². The zero-order valence-corrected chi connectivity index (χ0v) is 22.8. The summed E-state index contributed by atoms with van der Waals surface area (Å²) in [4.78, 5) is 0.0800. The fourth-order valence-electron chi connectivity index (χ4n) is 5.19. The molecular weight excluding hydrogens is 488 g/mol. The van der Waals surface area contributed by atoms with E-state index in [1.54, 1.807) is 18.2 Å².